The third kappa shape index (κ3) is 3.92. The van der Waals surface area contributed by atoms with E-state index >= 15 is 0 Å². The highest BCUT2D eigenvalue weighted by Crippen LogP contribution is 2.23. The Bertz CT molecular complexity index is 319. The zero-order valence-corrected chi connectivity index (χ0v) is 8.72. The van der Waals surface area contributed by atoms with Crippen molar-refractivity contribution in [1.82, 2.24) is 5.32 Å². The van der Waals surface area contributed by atoms with Crippen molar-refractivity contribution in [2.24, 2.45) is 5.92 Å². The van der Waals surface area contributed by atoms with Crippen LogP contribution in [0.25, 0.3) is 0 Å². The first-order valence-electron chi connectivity index (χ1n) is 4.51. The van der Waals surface area contributed by atoms with E-state index in [2.05, 4.69) is 31.6 Å². The minimum atomic E-state index is -0.432. The van der Waals surface area contributed by atoms with Crippen LogP contribution in [0.4, 0.5) is 4.39 Å². The maximum absolute atomic E-state index is 13.2. The summed E-state index contributed by atoms with van der Waals surface area (Å²) < 4.78 is 13.2. The molecule has 0 amide bonds. The highest BCUT2D eigenvalue weighted by Gasteiger charge is 2.22. The van der Waals surface area contributed by atoms with Gasteiger partial charge in [0.15, 0.2) is 0 Å². The second kappa shape index (κ2) is 6.74. The smallest absolute Gasteiger partial charge is 0.127 e. The van der Waals surface area contributed by atoms with E-state index in [0.717, 1.165) is 19.2 Å². The SMILES string of the molecule is C=C.C=C(C#N)/C=C(/F)C(=C)C1CNC1. The molecule has 1 rings (SSSR count). The van der Waals surface area contributed by atoms with Crippen molar-refractivity contribution in [3.05, 3.63) is 49.4 Å². The lowest BCUT2D eigenvalue weighted by atomic mass is 9.93. The van der Waals surface area contributed by atoms with Crippen LogP contribution < -0.4 is 5.32 Å². The lowest BCUT2D eigenvalue weighted by molar-refractivity contribution is 0.391. The van der Waals surface area contributed by atoms with Gasteiger partial charge in [-0.25, -0.2) is 4.39 Å². The number of hydrogen-bond acceptors (Lipinski definition) is 2. The third-order valence-electron chi connectivity index (χ3n) is 2.03. The van der Waals surface area contributed by atoms with Crippen LogP contribution in [0.2, 0.25) is 0 Å². The van der Waals surface area contributed by atoms with Crippen LogP contribution in [0.1, 0.15) is 0 Å². The molecule has 80 valence electrons. The molecule has 1 aliphatic rings. The van der Waals surface area contributed by atoms with Gasteiger partial charge in [-0.3, -0.25) is 0 Å². The zero-order chi connectivity index (χ0) is 11.8. The molecule has 3 heteroatoms. The Morgan fingerprint density at radius 1 is 1.40 bits per heavy atom. The maximum atomic E-state index is 13.2. The number of nitriles is 1. The summed E-state index contributed by atoms with van der Waals surface area (Å²) in [7, 11) is 0. The van der Waals surface area contributed by atoms with Crippen molar-refractivity contribution in [2.75, 3.05) is 13.1 Å². The van der Waals surface area contributed by atoms with Crippen LogP contribution in [-0.4, -0.2) is 13.1 Å². The Morgan fingerprint density at radius 2 is 1.93 bits per heavy atom. The maximum Gasteiger partial charge on any atom is 0.127 e. The Hall–Kier alpha value is -1.66. The topological polar surface area (TPSA) is 35.8 Å². The van der Waals surface area contributed by atoms with Gasteiger partial charge in [-0.1, -0.05) is 13.2 Å². The number of allylic oxidation sites excluding steroid dienone is 3. The largest absolute Gasteiger partial charge is 0.315 e. The molecule has 1 heterocycles. The van der Waals surface area contributed by atoms with Crippen molar-refractivity contribution >= 4 is 0 Å². The van der Waals surface area contributed by atoms with Gasteiger partial charge >= 0.3 is 0 Å². The molecular weight excluding hydrogens is 191 g/mol. The monoisotopic (exact) mass is 206 g/mol. The van der Waals surface area contributed by atoms with Crippen LogP contribution >= 0.6 is 0 Å². The Morgan fingerprint density at radius 3 is 2.27 bits per heavy atom. The fourth-order valence-corrected chi connectivity index (χ4v) is 1.01. The van der Waals surface area contributed by atoms with Gasteiger partial charge in [-0.05, 0) is 11.6 Å². The van der Waals surface area contributed by atoms with Crippen molar-refractivity contribution < 1.29 is 4.39 Å². The van der Waals surface area contributed by atoms with Crippen molar-refractivity contribution in [1.29, 1.82) is 5.26 Å². The van der Waals surface area contributed by atoms with Gasteiger partial charge < -0.3 is 5.32 Å². The molecule has 0 atom stereocenters. The first-order chi connectivity index (χ1) is 7.15. The van der Waals surface area contributed by atoms with Crippen LogP contribution in [0.5, 0.6) is 0 Å². The first kappa shape index (κ1) is 13.3. The molecule has 0 aromatic rings. The highest BCUT2D eigenvalue weighted by atomic mass is 19.1. The molecule has 0 aromatic heterocycles. The Balaban J connectivity index is 0.000000921. The molecule has 1 aliphatic heterocycles. The molecule has 0 bridgehead atoms. The van der Waals surface area contributed by atoms with E-state index in [1.54, 1.807) is 6.07 Å². The summed E-state index contributed by atoms with van der Waals surface area (Å²) in [6.45, 7) is 14.5. The molecule has 1 saturated heterocycles. The summed E-state index contributed by atoms with van der Waals surface area (Å²) in [5, 5.41) is 11.4. The number of hydrogen-bond donors (Lipinski definition) is 1. The molecule has 0 saturated carbocycles. The third-order valence-corrected chi connectivity index (χ3v) is 2.03. The van der Waals surface area contributed by atoms with Gasteiger partial charge in [-0.2, -0.15) is 5.26 Å². The summed E-state index contributed by atoms with van der Waals surface area (Å²) in [4.78, 5) is 0. The predicted molar refractivity (Wildman–Crippen MR) is 60.7 cm³/mol. The average Bonchev–Trinajstić information content (AvgIpc) is 2.18. The minimum Gasteiger partial charge on any atom is -0.315 e. The van der Waals surface area contributed by atoms with E-state index in [-0.39, 0.29) is 11.5 Å². The molecule has 15 heavy (non-hydrogen) atoms. The summed E-state index contributed by atoms with van der Waals surface area (Å²) in [5.74, 6) is -0.263. The Labute approximate surface area is 90.1 Å². The van der Waals surface area contributed by atoms with Crippen LogP contribution in [-0.2, 0) is 0 Å². The van der Waals surface area contributed by atoms with Gasteiger partial charge in [-0.15, -0.1) is 13.2 Å². The number of nitrogens with zero attached hydrogens (tertiary/aromatic N) is 1. The number of nitrogens with one attached hydrogen (secondary N) is 1. The molecule has 1 N–H and O–H groups in total. The fraction of sp³-hybridized carbons (Fsp3) is 0.250. The molecule has 1 fully saturated rings. The van der Waals surface area contributed by atoms with Gasteiger partial charge in [0.25, 0.3) is 0 Å². The molecule has 2 nitrogen and oxygen atoms in total. The zero-order valence-electron chi connectivity index (χ0n) is 8.72. The summed E-state index contributed by atoms with van der Waals surface area (Å²) in [6.07, 6.45) is 1.13. The molecular formula is C12H15FN2. The minimum absolute atomic E-state index is 0.117. The lowest BCUT2D eigenvalue weighted by Crippen LogP contribution is -2.42. The standard InChI is InChI=1S/C10H11FN2.C2H4/c1-7(4-12)3-10(11)8(2)9-5-13-6-9;1-2/h3,9,13H,1-2,5-6H2;1-2H2/b10-3+;. The van der Waals surface area contributed by atoms with E-state index in [1.165, 1.54) is 0 Å². The van der Waals surface area contributed by atoms with Gasteiger partial charge in [0.1, 0.15) is 5.83 Å². The summed E-state index contributed by atoms with van der Waals surface area (Å²) >= 11 is 0. The Kier molecular flexibility index (Phi) is 6.00. The van der Waals surface area contributed by atoms with Crippen molar-refractivity contribution in [3.63, 3.8) is 0 Å². The van der Waals surface area contributed by atoms with Gasteiger partial charge in [0.05, 0.1) is 6.07 Å². The summed E-state index contributed by atoms with van der Waals surface area (Å²) in [6, 6.07) is 1.76. The molecule has 0 aromatic carbocycles. The highest BCUT2D eigenvalue weighted by molar-refractivity contribution is 5.38. The van der Waals surface area contributed by atoms with E-state index in [1.807, 2.05) is 0 Å². The van der Waals surface area contributed by atoms with E-state index in [0.29, 0.717) is 5.57 Å². The second-order valence-electron chi connectivity index (χ2n) is 3.01. The quantitative estimate of drug-likeness (QED) is 0.437. The first-order valence-corrected chi connectivity index (χ1v) is 4.51. The van der Waals surface area contributed by atoms with Gasteiger partial charge in [0.2, 0.25) is 0 Å². The van der Waals surface area contributed by atoms with E-state index in [9.17, 15) is 4.39 Å². The van der Waals surface area contributed by atoms with E-state index < -0.39 is 5.83 Å². The molecule has 0 radical (unpaired) electrons. The molecule has 0 unspecified atom stereocenters. The summed E-state index contributed by atoms with van der Waals surface area (Å²) in [5.41, 5.74) is 0.570. The van der Waals surface area contributed by atoms with Crippen LogP contribution in [0.3, 0.4) is 0 Å². The predicted octanol–water partition coefficient (Wildman–Crippen LogP) is 2.50. The van der Waals surface area contributed by atoms with Crippen LogP contribution in [0, 0.1) is 17.2 Å². The van der Waals surface area contributed by atoms with Crippen molar-refractivity contribution in [2.45, 2.75) is 0 Å². The average molecular weight is 206 g/mol. The lowest BCUT2D eigenvalue weighted by Gasteiger charge is -2.28. The fourth-order valence-electron chi connectivity index (χ4n) is 1.01. The van der Waals surface area contributed by atoms with Gasteiger partial charge in [0, 0.05) is 24.6 Å². The van der Waals surface area contributed by atoms with Crippen molar-refractivity contribution in [3.8, 4) is 6.07 Å². The second-order valence-corrected chi connectivity index (χ2v) is 3.01. The number of rotatable bonds is 3. The van der Waals surface area contributed by atoms with Crippen LogP contribution in [0.15, 0.2) is 49.4 Å². The normalized spacial score (nSPS) is 15.3. The number of halogens is 1. The molecule has 0 spiro atoms. The molecule has 0 aliphatic carbocycles. The van der Waals surface area contributed by atoms with E-state index in [4.69, 9.17) is 5.26 Å².